The smallest absolute Gasteiger partial charge is 0.169 e. The van der Waals surface area contributed by atoms with E-state index in [1.54, 1.807) is 0 Å². The molecular formula is C11H20O2. The monoisotopic (exact) mass is 184 g/mol. The maximum absolute atomic E-state index is 6.03. The highest BCUT2D eigenvalue weighted by molar-refractivity contribution is 4.84. The van der Waals surface area contributed by atoms with Crippen LogP contribution in [0.4, 0.5) is 0 Å². The van der Waals surface area contributed by atoms with E-state index in [2.05, 4.69) is 13.8 Å². The van der Waals surface area contributed by atoms with Gasteiger partial charge in [-0.05, 0) is 32.6 Å². The Morgan fingerprint density at radius 3 is 2.69 bits per heavy atom. The van der Waals surface area contributed by atoms with E-state index in [9.17, 15) is 0 Å². The van der Waals surface area contributed by atoms with Gasteiger partial charge in [-0.2, -0.15) is 0 Å². The van der Waals surface area contributed by atoms with Crippen LogP contribution in [0.3, 0.4) is 0 Å². The van der Waals surface area contributed by atoms with Gasteiger partial charge in [0.25, 0.3) is 0 Å². The van der Waals surface area contributed by atoms with Gasteiger partial charge in [-0.3, -0.25) is 0 Å². The highest BCUT2D eigenvalue weighted by atomic mass is 16.7. The first kappa shape index (κ1) is 9.47. The van der Waals surface area contributed by atoms with Crippen LogP contribution in [-0.2, 0) is 9.47 Å². The lowest BCUT2D eigenvalue weighted by Crippen LogP contribution is -2.40. The second-order valence-corrected chi connectivity index (χ2v) is 4.42. The van der Waals surface area contributed by atoms with E-state index in [4.69, 9.17) is 9.47 Å². The summed E-state index contributed by atoms with van der Waals surface area (Å²) in [5, 5.41) is 0. The summed E-state index contributed by atoms with van der Waals surface area (Å²) in [5.74, 6) is -0.182. The molecular weight excluding hydrogens is 164 g/mol. The molecule has 3 unspecified atom stereocenters. The van der Waals surface area contributed by atoms with Crippen molar-refractivity contribution in [3.8, 4) is 0 Å². The molecule has 0 saturated carbocycles. The van der Waals surface area contributed by atoms with E-state index in [-0.39, 0.29) is 5.79 Å². The van der Waals surface area contributed by atoms with E-state index in [0.717, 1.165) is 25.7 Å². The zero-order chi connectivity index (χ0) is 9.31. The first-order chi connectivity index (χ1) is 6.24. The van der Waals surface area contributed by atoms with Gasteiger partial charge in [-0.15, -0.1) is 0 Å². The van der Waals surface area contributed by atoms with Gasteiger partial charge in [0.2, 0.25) is 0 Å². The molecule has 2 nitrogen and oxygen atoms in total. The average Bonchev–Trinajstić information content (AvgIpc) is 2.47. The molecule has 0 amide bonds. The SMILES string of the molecule is CCC1CCCC2(CCC(C)O2)O1. The molecule has 0 aliphatic carbocycles. The lowest BCUT2D eigenvalue weighted by Gasteiger charge is -2.37. The minimum absolute atomic E-state index is 0.182. The normalized spacial score (nSPS) is 45.7. The van der Waals surface area contributed by atoms with E-state index < -0.39 is 0 Å². The van der Waals surface area contributed by atoms with Crippen molar-refractivity contribution < 1.29 is 9.47 Å². The van der Waals surface area contributed by atoms with Crippen LogP contribution in [0, 0.1) is 0 Å². The Bertz CT molecular complexity index is 177. The quantitative estimate of drug-likeness (QED) is 0.624. The fourth-order valence-corrected chi connectivity index (χ4v) is 2.49. The minimum Gasteiger partial charge on any atom is -0.347 e. The maximum Gasteiger partial charge on any atom is 0.169 e. The molecule has 1 spiro atoms. The van der Waals surface area contributed by atoms with Crippen LogP contribution in [0.1, 0.15) is 52.4 Å². The van der Waals surface area contributed by atoms with Gasteiger partial charge in [0.15, 0.2) is 5.79 Å². The van der Waals surface area contributed by atoms with Crippen LogP contribution in [0.25, 0.3) is 0 Å². The highest BCUT2D eigenvalue weighted by Gasteiger charge is 2.43. The molecule has 2 rings (SSSR count). The number of hydrogen-bond acceptors (Lipinski definition) is 2. The van der Waals surface area contributed by atoms with Crippen molar-refractivity contribution in [2.24, 2.45) is 0 Å². The highest BCUT2D eigenvalue weighted by Crippen LogP contribution is 2.40. The molecule has 0 N–H and O–H groups in total. The summed E-state index contributed by atoms with van der Waals surface area (Å²) in [6.45, 7) is 4.34. The van der Waals surface area contributed by atoms with Gasteiger partial charge in [-0.25, -0.2) is 0 Å². The van der Waals surface area contributed by atoms with Crippen LogP contribution in [0.2, 0.25) is 0 Å². The van der Waals surface area contributed by atoms with E-state index >= 15 is 0 Å². The van der Waals surface area contributed by atoms with Crippen molar-refractivity contribution in [2.45, 2.75) is 70.4 Å². The third-order valence-corrected chi connectivity index (χ3v) is 3.27. The topological polar surface area (TPSA) is 18.5 Å². The van der Waals surface area contributed by atoms with Crippen molar-refractivity contribution in [2.75, 3.05) is 0 Å². The molecule has 2 heteroatoms. The Kier molecular flexibility index (Phi) is 2.61. The first-order valence-electron chi connectivity index (χ1n) is 5.60. The summed E-state index contributed by atoms with van der Waals surface area (Å²) in [6, 6.07) is 0. The predicted octanol–water partition coefficient (Wildman–Crippen LogP) is 2.86. The Morgan fingerprint density at radius 1 is 1.23 bits per heavy atom. The molecule has 3 atom stereocenters. The van der Waals surface area contributed by atoms with Gasteiger partial charge >= 0.3 is 0 Å². The molecule has 2 aliphatic rings. The van der Waals surface area contributed by atoms with Crippen LogP contribution in [0.15, 0.2) is 0 Å². The molecule has 0 aromatic carbocycles. The second kappa shape index (κ2) is 3.58. The molecule has 2 heterocycles. The Morgan fingerprint density at radius 2 is 2.08 bits per heavy atom. The third kappa shape index (κ3) is 1.89. The lowest BCUT2D eigenvalue weighted by molar-refractivity contribution is -0.268. The van der Waals surface area contributed by atoms with Crippen LogP contribution in [0.5, 0.6) is 0 Å². The molecule has 0 aromatic rings. The zero-order valence-electron chi connectivity index (χ0n) is 8.71. The van der Waals surface area contributed by atoms with E-state index in [0.29, 0.717) is 12.2 Å². The molecule has 2 fully saturated rings. The summed E-state index contributed by atoms with van der Waals surface area (Å²) in [7, 11) is 0. The number of hydrogen-bond donors (Lipinski definition) is 0. The van der Waals surface area contributed by atoms with Crippen LogP contribution in [-0.4, -0.2) is 18.0 Å². The van der Waals surface area contributed by atoms with Gasteiger partial charge in [-0.1, -0.05) is 6.92 Å². The summed E-state index contributed by atoms with van der Waals surface area (Å²) in [5.41, 5.74) is 0. The van der Waals surface area contributed by atoms with Gasteiger partial charge in [0.1, 0.15) is 0 Å². The predicted molar refractivity (Wildman–Crippen MR) is 51.5 cm³/mol. The van der Waals surface area contributed by atoms with Crippen molar-refractivity contribution in [1.29, 1.82) is 0 Å². The summed E-state index contributed by atoms with van der Waals surface area (Å²) in [4.78, 5) is 0. The van der Waals surface area contributed by atoms with Crippen molar-refractivity contribution in [1.82, 2.24) is 0 Å². The Hall–Kier alpha value is -0.0800. The number of ether oxygens (including phenoxy) is 2. The summed E-state index contributed by atoms with van der Waals surface area (Å²) >= 11 is 0. The standard InChI is InChI=1S/C11H20O2/c1-3-10-5-4-7-11(13-10)8-6-9(2)12-11/h9-10H,3-8H2,1-2H3. The Balaban J connectivity index is 1.98. The van der Waals surface area contributed by atoms with Gasteiger partial charge in [0, 0.05) is 12.8 Å². The van der Waals surface area contributed by atoms with E-state index in [1.165, 1.54) is 12.8 Å². The summed E-state index contributed by atoms with van der Waals surface area (Å²) < 4.78 is 11.9. The van der Waals surface area contributed by atoms with Crippen LogP contribution < -0.4 is 0 Å². The summed E-state index contributed by atoms with van der Waals surface area (Å²) in [6.07, 6.45) is 7.82. The molecule has 0 bridgehead atoms. The zero-order valence-corrected chi connectivity index (χ0v) is 8.71. The van der Waals surface area contributed by atoms with Gasteiger partial charge in [0.05, 0.1) is 12.2 Å². The molecule has 0 aromatic heterocycles. The first-order valence-corrected chi connectivity index (χ1v) is 5.60. The second-order valence-electron chi connectivity index (χ2n) is 4.42. The molecule has 2 saturated heterocycles. The fraction of sp³-hybridized carbons (Fsp3) is 1.00. The largest absolute Gasteiger partial charge is 0.347 e. The van der Waals surface area contributed by atoms with Crippen molar-refractivity contribution >= 4 is 0 Å². The molecule has 76 valence electrons. The van der Waals surface area contributed by atoms with E-state index in [1.807, 2.05) is 0 Å². The van der Waals surface area contributed by atoms with Crippen molar-refractivity contribution in [3.05, 3.63) is 0 Å². The van der Waals surface area contributed by atoms with Crippen molar-refractivity contribution in [3.63, 3.8) is 0 Å². The fourth-order valence-electron chi connectivity index (χ4n) is 2.49. The minimum atomic E-state index is -0.182. The molecule has 0 radical (unpaired) electrons. The third-order valence-electron chi connectivity index (χ3n) is 3.27. The lowest BCUT2D eigenvalue weighted by atomic mass is 9.98. The van der Waals surface area contributed by atoms with Crippen LogP contribution >= 0.6 is 0 Å². The molecule has 13 heavy (non-hydrogen) atoms. The number of rotatable bonds is 1. The van der Waals surface area contributed by atoms with Gasteiger partial charge < -0.3 is 9.47 Å². The molecule has 2 aliphatic heterocycles. The maximum atomic E-state index is 6.03. The Labute approximate surface area is 80.6 Å². The average molecular weight is 184 g/mol.